The molecule has 6 rings (SSSR count). The van der Waals surface area contributed by atoms with Gasteiger partial charge in [-0.3, -0.25) is 0 Å². The van der Waals surface area contributed by atoms with E-state index in [1.54, 1.807) is 20.2 Å². The van der Waals surface area contributed by atoms with Crippen molar-refractivity contribution in [3.63, 3.8) is 0 Å². The number of nitrogens with one attached hydrogen (secondary N) is 2. The second kappa shape index (κ2) is 15.4. The molecule has 0 aliphatic carbocycles. The lowest BCUT2D eigenvalue weighted by molar-refractivity contribution is 0.501. The van der Waals surface area contributed by atoms with Crippen LogP contribution in [0.1, 0.15) is 22.3 Å². The van der Waals surface area contributed by atoms with E-state index in [9.17, 15) is 34.4 Å². The highest BCUT2D eigenvalue weighted by Gasteiger charge is 2.21. The molecule has 0 aliphatic rings. The maximum Gasteiger partial charge on any atom is 0.240 e. The van der Waals surface area contributed by atoms with E-state index in [0.29, 0.717) is 28.1 Å². The van der Waals surface area contributed by atoms with E-state index in [1.807, 2.05) is 0 Å². The summed E-state index contributed by atoms with van der Waals surface area (Å²) in [6.07, 6.45) is 0.0860. The van der Waals surface area contributed by atoms with E-state index < -0.39 is 43.3 Å². The van der Waals surface area contributed by atoms with Gasteiger partial charge < -0.3 is 0 Å². The maximum absolute atomic E-state index is 14.0. The van der Waals surface area contributed by atoms with Crippen LogP contribution < -0.4 is 9.44 Å². The molecule has 2 N–H and O–H groups in total. The molecule has 0 aliphatic heterocycles. The number of nitrogens with zero attached hydrogens (tertiary/aromatic N) is 8. The van der Waals surface area contributed by atoms with Crippen LogP contribution >= 0.6 is 0 Å². The van der Waals surface area contributed by atoms with Gasteiger partial charge in [0.1, 0.15) is 0 Å². The molecule has 0 amide bonds. The Morgan fingerprint density at radius 1 is 0.635 bits per heavy atom. The summed E-state index contributed by atoms with van der Waals surface area (Å²) in [4.78, 5) is 1.24. The minimum atomic E-state index is -3.69. The molecule has 0 spiro atoms. The van der Waals surface area contributed by atoms with Crippen LogP contribution in [-0.2, 0) is 47.0 Å². The normalized spacial score (nSPS) is 11.7. The van der Waals surface area contributed by atoms with Crippen molar-refractivity contribution in [3.05, 3.63) is 118 Å². The van der Waals surface area contributed by atoms with Crippen molar-refractivity contribution in [2.45, 2.75) is 22.6 Å². The SMILES string of the molecule is CNS(=O)(=O)c1ccc(Cc2cccc(F)c2F)c(-c2nnn(C)n2)c1.CNS(=O)(=O)c1ccc(Cc2cccc(F)c2F)c(-c2nnnn2C)c1. The van der Waals surface area contributed by atoms with E-state index >= 15 is 0 Å². The third-order valence-corrected chi connectivity index (χ3v) is 10.6. The van der Waals surface area contributed by atoms with Gasteiger partial charge in [-0.25, -0.2) is 48.5 Å². The Bertz CT molecular complexity index is 2480. The van der Waals surface area contributed by atoms with E-state index in [2.05, 4.69) is 40.4 Å². The summed E-state index contributed by atoms with van der Waals surface area (Å²) in [6, 6.07) is 16.5. The number of aryl methyl sites for hydroxylation is 2. The lowest BCUT2D eigenvalue weighted by atomic mass is 9.99. The zero-order valence-corrected chi connectivity index (χ0v) is 29.5. The summed E-state index contributed by atoms with van der Waals surface area (Å²) in [5, 5.41) is 22.9. The molecular weight excluding hydrogens is 729 g/mol. The number of rotatable bonds is 10. The number of benzene rings is 4. The second-order valence-corrected chi connectivity index (χ2v) is 14.8. The molecule has 0 fully saturated rings. The molecule has 4 aromatic carbocycles. The van der Waals surface area contributed by atoms with Gasteiger partial charge >= 0.3 is 0 Å². The van der Waals surface area contributed by atoms with Gasteiger partial charge in [-0.05, 0) is 88.4 Å². The van der Waals surface area contributed by atoms with Crippen LogP contribution in [0.4, 0.5) is 17.6 Å². The largest absolute Gasteiger partial charge is 0.240 e. The van der Waals surface area contributed by atoms with Crippen LogP contribution in [0.2, 0.25) is 0 Å². The summed E-state index contributed by atoms with van der Waals surface area (Å²) in [6.45, 7) is 0. The third kappa shape index (κ3) is 8.20. The number of hydrogen-bond donors (Lipinski definition) is 2. The zero-order chi connectivity index (χ0) is 37.8. The fourth-order valence-electron chi connectivity index (χ4n) is 5.04. The predicted molar refractivity (Wildman–Crippen MR) is 179 cm³/mol. The average molecular weight is 759 g/mol. The fraction of sp³-hybridized carbons (Fsp3) is 0.188. The summed E-state index contributed by atoms with van der Waals surface area (Å²) in [5.74, 6) is -3.29. The van der Waals surface area contributed by atoms with E-state index in [1.165, 1.54) is 78.2 Å². The Morgan fingerprint density at radius 3 is 1.58 bits per heavy atom. The first kappa shape index (κ1) is 37.8. The number of tetrazole rings is 2. The lowest BCUT2D eigenvalue weighted by Crippen LogP contribution is -2.18. The molecule has 272 valence electrons. The van der Waals surface area contributed by atoms with Crippen molar-refractivity contribution in [3.8, 4) is 22.8 Å². The summed E-state index contributed by atoms with van der Waals surface area (Å²) in [7, 11) is -1.62. The third-order valence-electron chi connectivity index (χ3n) is 7.76. The van der Waals surface area contributed by atoms with Gasteiger partial charge in [0.2, 0.25) is 25.9 Å². The van der Waals surface area contributed by atoms with Crippen LogP contribution in [0.5, 0.6) is 0 Å². The molecule has 0 unspecified atom stereocenters. The first-order valence-electron chi connectivity index (χ1n) is 15.1. The molecule has 0 radical (unpaired) electrons. The number of aromatic nitrogens is 8. The standard InChI is InChI=1S/2C16H15F2N5O2S/c1-19-26(24,25)12-7-6-10(8-11-4-3-5-14(17)15(11)18)13(9-12)16-20-21-22-23(16)2;1-19-26(24,25)12-7-6-10(8-11-4-3-5-14(17)15(11)18)13(9-12)16-20-22-23(2)21-16/h2*3-7,9,19H,8H2,1-2H3. The zero-order valence-electron chi connectivity index (χ0n) is 27.9. The summed E-state index contributed by atoms with van der Waals surface area (Å²) >= 11 is 0. The highest BCUT2D eigenvalue weighted by molar-refractivity contribution is 7.89. The molecule has 0 saturated carbocycles. The van der Waals surface area contributed by atoms with Crippen LogP contribution in [0.3, 0.4) is 0 Å². The monoisotopic (exact) mass is 758 g/mol. The second-order valence-electron chi connectivity index (χ2n) is 11.1. The average Bonchev–Trinajstić information content (AvgIpc) is 3.76. The number of sulfonamides is 2. The van der Waals surface area contributed by atoms with Crippen molar-refractivity contribution < 1.29 is 34.4 Å². The Hall–Kier alpha value is -5.44. The topological polar surface area (TPSA) is 180 Å². The molecule has 2 aromatic heterocycles. The van der Waals surface area contributed by atoms with Crippen molar-refractivity contribution >= 4 is 20.0 Å². The fourth-order valence-corrected chi connectivity index (χ4v) is 6.55. The van der Waals surface area contributed by atoms with Gasteiger partial charge in [-0.1, -0.05) is 36.4 Å². The van der Waals surface area contributed by atoms with Gasteiger partial charge in [0.15, 0.2) is 29.1 Å². The van der Waals surface area contributed by atoms with Gasteiger partial charge in [0.25, 0.3) is 0 Å². The Balaban J connectivity index is 0.000000201. The molecule has 0 atom stereocenters. The van der Waals surface area contributed by atoms with Gasteiger partial charge in [0, 0.05) is 31.0 Å². The van der Waals surface area contributed by atoms with Crippen molar-refractivity contribution in [1.29, 1.82) is 0 Å². The number of hydrogen-bond acceptors (Lipinski definition) is 10. The van der Waals surface area contributed by atoms with Gasteiger partial charge in [-0.15, -0.1) is 15.3 Å². The van der Waals surface area contributed by atoms with Gasteiger partial charge in [0.05, 0.1) is 16.8 Å². The number of halogens is 4. The molecule has 6 aromatic rings. The summed E-state index contributed by atoms with van der Waals surface area (Å²) in [5.41, 5.74) is 2.17. The Kier molecular flexibility index (Phi) is 11.2. The maximum atomic E-state index is 14.0. The molecular formula is C32H30F4N10O4S2. The molecule has 0 bridgehead atoms. The highest BCUT2D eigenvalue weighted by Crippen LogP contribution is 2.29. The molecule has 14 nitrogen and oxygen atoms in total. The van der Waals surface area contributed by atoms with Crippen LogP contribution in [-0.4, -0.2) is 71.3 Å². The quantitative estimate of drug-likeness (QED) is 0.197. The Morgan fingerprint density at radius 2 is 1.13 bits per heavy atom. The van der Waals surface area contributed by atoms with E-state index in [0.717, 1.165) is 12.1 Å². The first-order chi connectivity index (χ1) is 24.6. The van der Waals surface area contributed by atoms with Gasteiger partial charge in [-0.2, -0.15) is 4.80 Å². The van der Waals surface area contributed by atoms with E-state index in [4.69, 9.17) is 0 Å². The molecule has 2 heterocycles. The minimum absolute atomic E-state index is 0.00548. The van der Waals surface area contributed by atoms with Crippen molar-refractivity contribution in [2.24, 2.45) is 14.1 Å². The van der Waals surface area contributed by atoms with Crippen molar-refractivity contribution in [1.82, 2.24) is 49.9 Å². The van der Waals surface area contributed by atoms with Crippen molar-refractivity contribution in [2.75, 3.05) is 14.1 Å². The smallest absolute Gasteiger partial charge is 0.229 e. The lowest BCUT2D eigenvalue weighted by Gasteiger charge is -2.12. The van der Waals surface area contributed by atoms with Crippen LogP contribution in [0.15, 0.2) is 82.6 Å². The minimum Gasteiger partial charge on any atom is -0.229 e. The van der Waals surface area contributed by atoms with Crippen LogP contribution in [0.25, 0.3) is 22.8 Å². The first-order valence-corrected chi connectivity index (χ1v) is 18.1. The van der Waals surface area contributed by atoms with Crippen LogP contribution in [0, 0.1) is 23.3 Å². The summed E-state index contributed by atoms with van der Waals surface area (Å²) < 4.78 is 109. The molecule has 0 saturated heterocycles. The molecule has 52 heavy (non-hydrogen) atoms. The predicted octanol–water partition coefficient (Wildman–Crippen LogP) is 3.31. The Labute approximate surface area is 295 Å². The molecule has 20 heteroatoms. The highest BCUT2D eigenvalue weighted by atomic mass is 32.2. The van der Waals surface area contributed by atoms with E-state index in [-0.39, 0.29) is 39.6 Å².